The molecule has 7 heteroatoms. The number of hydrogen-bond donors (Lipinski definition) is 0. The number of carbonyl (C=O) groups excluding carboxylic acids is 1. The van der Waals surface area contributed by atoms with E-state index in [4.69, 9.17) is 0 Å². The van der Waals surface area contributed by atoms with Gasteiger partial charge < -0.3 is 4.90 Å². The van der Waals surface area contributed by atoms with Crippen LogP contribution in [0.3, 0.4) is 0 Å². The molecule has 0 N–H and O–H groups in total. The first-order valence-electron chi connectivity index (χ1n) is 11.1. The third-order valence-electron chi connectivity index (χ3n) is 6.79. The largest absolute Gasteiger partial charge is 0.339 e. The molecule has 0 radical (unpaired) electrons. The third-order valence-corrected chi connectivity index (χ3v) is 6.79. The number of piperazine rings is 1. The molecule has 30 heavy (non-hydrogen) atoms. The molecule has 1 aliphatic carbocycles. The van der Waals surface area contributed by atoms with Gasteiger partial charge in [0, 0.05) is 49.4 Å². The molecule has 0 spiro atoms. The second kappa shape index (κ2) is 7.87. The van der Waals surface area contributed by atoms with Crippen LogP contribution in [0.15, 0.2) is 35.1 Å². The third kappa shape index (κ3) is 3.41. The fourth-order valence-electron chi connectivity index (χ4n) is 5.23. The molecule has 0 unspecified atom stereocenters. The van der Waals surface area contributed by atoms with Crippen molar-refractivity contribution >= 4 is 22.5 Å². The molecule has 3 heterocycles. The second-order valence-electron chi connectivity index (χ2n) is 8.65. The molecule has 1 saturated heterocycles. The maximum Gasteiger partial charge on any atom is 0.273 e. The van der Waals surface area contributed by atoms with Gasteiger partial charge in [0.05, 0.1) is 5.52 Å². The van der Waals surface area contributed by atoms with Gasteiger partial charge in [0.15, 0.2) is 5.65 Å². The van der Waals surface area contributed by atoms with Gasteiger partial charge in [-0.2, -0.15) is 4.98 Å². The SMILES string of the molecule is Cc1cc(=O)nc2c3ccccc3n(CC(=O)N3CCN(C4CCCCC4)CC3)n12. The van der Waals surface area contributed by atoms with Crippen LogP contribution < -0.4 is 5.56 Å². The number of amides is 1. The minimum absolute atomic E-state index is 0.124. The molecule has 0 bridgehead atoms. The fraction of sp³-hybridized carbons (Fsp3) is 0.522. The summed E-state index contributed by atoms with van der Waals surface area (Å²) < 4.78 is 3.87. The zero-order chi connectivity index (χ0) is 20.7. The van der Waals surface area contributed by atoms with Crippen molar-refractivity contribution in [3.05, 3.63) is 46.4 Å². The lowest BCUT2D eigenvalue weighted by atomic mass is 9.94. The Labute approximate surface area is 175 Å². The molecule has 2 fully saturated rings. The van der Waals surface area contributed by atoms with Crippen molar-refractivity contribution in [3.8, 4) is 0 Å². The molecule has 3 aromatic rings. The Morgan fingerprint density at radius 2 is 1.80 bits per heavy atom. The van der Waals surface area contributed by atoms with Crippen LogP contribution in [0.25, 0.3) is 16.6 Å². The summed E-state index contributed by atoms with van der Waals surface area (Å²) in [6, 6.07) is 10.1. The molecule has 1 saturated carbocycles. The summed E-state index contributed by atoms with van der Waals surface area (Å²) in [4.78, 5) is 34.0. The number of fused-ring (bicyclic) bond motifs is 3. The predicted molar refractivity (Wildman–Crippen MR) is 117 cm³/mol. The van der Waals surface area contributed by atoms with E-state index in [0.717, 1.165) is 42.8 Å². The van der Waals surface area contributed by atoms with Crippen molar-refractivity contribution in [2.24, 2.45) is 0 Å². The van der Waals surface area contributed by atoms with Crippen LogP contribution in [-0.4, -0.2) is 62.1 Å². The average Bonchev–Trinajstić information content (AvgIpc) is 3.08. The summed E-state index contributed by atoms with van der Waals surface area (Å²) >= 11 is 0. The van der Waals surface area contributed by atoms with E-state index in [9.17, 15) is 9.59 Å². The molecule has 0 atom stereocenters. The predicted octanol–water partition coefficient (Wildman–Crippen LogP) is 2.43. The van der Waals surface area contributed by atoms with Crippen molar-refractivity contribution in [3.63, 3.8) is 0 Å². The summed E-state index contributed by atoms with van der Waals surface area (Å²) in [5.41, 5.74) is 2.08. The fourth-order valence-corrected chi connectivity index (χ4v) is 5.23. The standard InChI is InChI=1S/C23H29N5O2/c1-17-15-21(29)24-23-19-9-5-6-10-20(19)27(28(17)23)16-22(30)26-13-11-25(12-14-26)18-7-3-2-4-8-18/h5-6,9-10,15,18H,2-4,7-8,11-14,16H2,1H3. The maximum absolute atomic E-state index is 13.2. The van der Waals surface area contributed by atoms with Gasteiger partial charge in [0.2, 0.25) is 5.91 Å². The molecule has 158 valence electrons. The summed E-state index contributed by atoms with van der Waals surface area (Å²) in [6.07, 6.45) is 6.66. The van der Waals surface area contributed by atoms with Crippen LogP contribution in [0.2, 0.25) is 0 Å². The lowest BCUT2D eigenvalue weighted by molar-refractivity contribution is -0.134. The average molecular weight is 408 g/mol. The van der Waals surface area contributed by atoms with Gasteiger partial charge in [-0.15, -0.1) is 0 Å². The van der Waals surface area contributed by atoms with E-state index in [1.54, 1.807) is 0 Å². The highest BCUT2D eigenvalue weighted by Crippen LogP contribution is 2.24. The van der Waals surface area contributed by atoms with E-state index in [-0.39, 0.29) is 18.0 Å². The molecule has 7 nitrogen and oxygen atoms in total. The first kappa shape index (κ1) is 19.3. The van der Waals surface area contributed by atoms with E-state index in [1.807, 2.05) is 45.3 Å². The highest BCUT2D eigenvalue weighted by Gasteiger charge is 2.27. The Hall–Kier alpha value is -2.67. The molecule has 1 aromatic carbocycles. The molecule has 2 aromatic heterocycles. The number of nitrogens with zero attached hydrogens (tertiary/aromatic N) is 5. The normalized spacial score (nSPS) is 19.0. The Balaban J connectivity index is 1.38. The van der Waals surface area contributed by atoms with Crippen molar-refractivity contribution in [1.82, 2.24) is 24.0 Å². The lowest BCUT2D eigenvalue weighted by Crippen LogP contribution is -2.53. The van der Waals surface area contributed by atoms with E-state index in [2.05, 4.69) is 9.88 Å². The van der Waals surface area contributed by atoms with Gasteiger partial charge in [-0.25, -0.2) is 4.52 Å². The van der Waals surface area contributed by atoms with E-state index in [1.165, 1.54) is 38.2 Å². The number of aromatic nitrogens is 3. The highest BCUT2D eigenvalue weighted by molar-refractivity contribution is 5.93. The summed E-state index contributed by atoms with van der Waals surface area (Å²) in [6.45, 7) is 5.66. The summed E-state index contributed by atoms with van der Waals surface area (Å²) in [5, 5.41) is 0.896. The second-order valence-corrected chi connectivity index (χ2v) is 8.65. The van der Waals surface area contributed by atoms with Gasteiger partial charge in [0.1, 0.15) is 6.54 Å². The van der Waals surface area contributed by atoms with Crippen LogP contribution in [0.4, 0.5) is 0 Å². The molecular weight excluding hydrogens is 378 g/mol. The topological polar surface area (TPSA) is 62.9 Å². The molecule has 1 aliphatic heterocycles. The van der Waals surface area contributed by atoms with Gasteiger partial charge in [-0.3, -0.25) is 19.2 Å². The van der Waals surface area contributed by atoms with Crippen LogP contribution in [-0.2, 0) is 11.3 Å². The smallest absolute Gasteiger partial charge is 0.273 e. The van der Waals surface area contributed by atoms with Gasteiger partial charge in [0.25, 0.3) is 5.56 Å². The minimum atomic E-state index is -0.249. The highest BCUT2D eigenvalue weighted by atomic mass is 16.2. The van der Waals surface area contributed by atoms with E-state index < -0.39 is 0 Å². The molecule has 2 aliphatic rings. The quantitative estimate of drug-likeness (QED) is 0.669. The van der Waals surface area contributed by atoms with Crippen LogP contribution in [0, 0.1) is 6.92 Å². The molecular formula is C23H29N5O2. The van der Waals surface area contributed by atoms with E-state index in [0.29, 0.717) is 11.7 Å². The zero-order valence-electron chi connectivity index (χ0n) is 17.6. The summed E-state index contributed by atoms with van der Waals surface area (Å²) in [7, 11) is 0. The van der Waals surface area contributed by atoms with Crippen LogP contribution in [0.1, 0.15) is 37.8 Å². The first-order chi connectivity index (χ1) is 14.6. The zero-order valence-corrected chi connectivity index (χ0v) is 17.6. The number of aryl methyl sites for hydroxylation is 1. The van der Waals surface area contributed by atoms with Crippen LogP contribution >= 0.6 is 0 Å². The molecule has 1 amide bonds. The Kier molecular flexibility index (Phi) is 5.06. The maximum atomic E-state index is 13.2. The van der Waals surface area contributed by atoms with Crippen molar-refractivity contribution in [2.45, 2.75) is 51.6 Å². The van der Waals surface area contributed by atoms with E-state index >= 15 is 0 Å². The summed E-state index contributed by atoms with van der Waals surface area (Å²) in [5.74, 6) is 0.124. The van der Waals surface area contributed by atoms with Crippen LogP contribution in [0.5, 0.6) is 0 Å². The number of carbonyl (C=O) groups is 1. The van der Waals surface area contributed by atoms with Crippen molar-refractivity contribution in [2.75, 3.05) is 26.2 Å². The Morgan fingerprint density at radius 1 is 1.07 bits per heavy atom. The lowest BCUT2D eigenvalue weighted by Gasteiger charge is -2.40. The number of hydrogen-bond acceptors (Lipinski definition) is 4. The van der Waals surface area contributed by atoms with Gasteiger partial charge in [-0.1, -0.05) is 31.4 Å². The Morgan fingerprint density at radius 3 is 2.57 bits per heavy atom. The van der Waals surface area contributed by atoms with Crippen molar-refractivity contribution in [1.29, 1.82) is 0 Å². The van der Waals surface area contributed by atoms with Crippen molar-refractivity contribution < 1.29 is 4.79 Å². The molecule has 5 rings (SSSR count). The minimum Gasteiger partial charge on any atom is -0.339 e. The number of benzene rings is 1. The first-order valence-corrected chi connectivity index (χ1v) is 11.1. The Bertz CT molecular complexity index is 1130. The van der Waals surface area contributed by atoms with Gasteiger partial charge in [-0.05, 0) is 31.9 Å². The van der Waals surface area contributed by atoms with Gasteiger partial charge >= 0.3 is 0 Å². The number of para-hydroxylation sites is 1. The monoisotopic (exact) mass is 407 g/mol. The number of rotatable bonds is 3.